The van der Waals surface area contributed by atoms with E-state index in [1.807, 2.05) is 0 Å². The van der Waals surface area contributed by atoms with E-state index in [4.69, 9.17) is 0 Å². The Hall–Kier alpha value is -1.71. The molecule has 9 heteroatoms. The van der Waals surface area contributed by atoms with Gasteiger partial charge in [0.1, 0.15) is 5.82 Å². The molecule has 28 heavy (non-hydrogen) atoms. The average molecular weight is 421 g/mol. The van der Waals surface area contributed by atoms with Crippen LogP contribution in [0.2, 0.25) is 0 Å². The number of benzene rings is 1. The molecule has 2 heterocycles. The van der Waals surface area contributed by atoms with Crippen molar-refractivity contribution in [2.45, 2.75) is 55.1 Å². The van der Waals surface area contributed by atoms with E-state index in [9.17, 15) is 13.2 Å². The highest BCUT2D eigenvalue weighted by Crippen LogP contribution is 2.40. The van der Waals surface area contributed by atoms with Gasteiger partial charge in [-0.05, 0) is 44.7 Å². The fourth-order valence-corrected chi connectivity index (χ4v) is 5.87. The van der Waals surface area contributed by atoms with E-state index in [1.165, 1.54) is 28.2 Å². The lowest BCUT2D eigenvalue weighted by atomic mass is 10.1. The molecule has 0 atom stereocenters. The fraction of sp³-hybridized carbons (Fsp3) is 0.526. The van der Waals surface area contributed by atoms with E-state index >= 15 is 0 Å². The van der Waals surface area contributed by atoms with Gasteiger partial charge in [0.25, 0.3) is 0 Å². The number of rotatable bonds is 8. The summed E-state index contributed by atoms with van der Waals surface area (Å²) >= 11 is 1.38. The number of nitrogens with zero attached hydrogens (tertiary/aromatic N) is 4. The fourth-order valence-electron chi connectivity index (χ4n) is 3.45. The number of sulfonamides is 1. The smallest absolute Gasteiger partial charge is 0.243 e. The summed E-state index contributed by atoms with van der Waals surface area (Å²) in [5.74, 6) is 1.74. The molecule has 1 aromatic heterocycles. The van der Waals surface area contributed by atoms with Crippen molar-refractivity contribution in [1.82, 2.24) is 19.1 Å². The minimum absolute atomic E-state index is 0.0475. The molecule has 2 fully saturated rings. The molecule has 2 aliphatic rings. The third-order valence-electron chi connectivity index (χ3n) is 5.22. The summed E-state index contributed by atoms with van der Waals surface area (Å²) in [7, 11) is -3.45. The van der Waals surface area contributed by atoms with Gasteiger partial charge < -0.3 is 4.57 Å². The van der Waals surface area contributed by atoms with Gasteiger partial charge in [-0.1, -0.05) is 23.9 Å². The molecule has 1 aliphatic carbocycles. The summed E-state index contributed by atoms with van der Waals surface area (Å²) in [5, 5.41) is 9.30. The number of hydrogen-bond donors (Lipinski definition) is 0. The Balaban J connectivity index is 1.41. The predicted molar refractivity (Wildman–Crippen MR) is 107 cm³/mol. The third kappa shape index (κ3) is 3.88. The van der Waals surface area contributed by atoms with E-state index < -0.39 is 10.0 Å². The van der Waals surface area contributed by atoms with Crippen molar-refractivity contribution in [3.8, 4) is 0 Å². The SMILES string of the molecule is CCn1c(SCC(=O)c2ccc(S(=O)(=O)N3CCCC3)cc2)nnc1C1CC1. The number of carbonyl (C=O) groups excluding carboxylic acids is 1. The Morgan fingerprint density at radius 2 is 1.82 bits per heavy atom. The topological polar surface area (TPSA) is 85.2 Å². The molecular weight excluding hydrogens is 396 g/mol. The first-order valence-electron chi connectivity index (χ1n) is 9.70. The van der Waals surface area contributed by atoms with E-state index in [-0.39, 0.29) is 16.4 Å². The molecule has 0 unspecified atom stereocenters. The molecule has 1 saturated heterocycles. The van der Waals surface area contributed by atoms with Gasteiger partial charge in [-0.25, -0.2) is 8.42 Å². The molecule has 0 N–H and O–H groups in total. The van der Waals surface area contributed by atoms with Crippen LogP contribution in [0.3, 0.4) is 0 Å². The second kappa shape index (κ2) is 7.96. The zero-order valence-corrected chi connectivity index (χ0v) is 17.5. The molecular formula is C19H24N4O3S2. The number of ketones is 1. The van der Waals surface area contributed by atoms with Crippen molar-refractivity contribution in [3.05, 3.63) is 35.7 Å². The van der Waals surface area contributed by atoms with Crippen LogP contribution < -0.4 is 0 Å². The van der Waals surface area contributed by atoms with Crippen molar-refractivity contribution in [1.29, 1.82) is 0 Å². The molecule has 1 aromatic carbocycles. The normalized spacial score (nSPS) is 17.9. The van der Waals surface area contributed by atoms with Gasteiger partial charge in [0.05, 0.1) is 10.6 Å². The largest absolute Gasteiger partial charge is 0.306 e. The summed E-state index contributed by atoms with van der Waals surface area (Å²) in [6.07, 6.45) is 4.12. The average Bonchev–Trinajstić information content (AvgIpc) is 3.23. The van der Waals surface area contributed by atoms with E-state index in [1.54, 1.807) is 12.1 Å². The molecule has 1 aliphatic heterocycles. The van der Waals surface area contributed by atoms with Gasteiger partial charge in [-0.2, -0.15) is 4.31 Å². The highest BCUT2D eigenvalue weighted by molar-refractivity contribution is 7.99. The zero-order valence-electron chi connectivity index (χ0n) is 15.9. The van der Waals surface area contributed by atoms with Crippen molar-refractivity contribution in [2.75, 3.05) is 18.8 Å². The molecule has 150 valence electrons. The second-order valence-electron chi connectivity index (χ2n) is 7.21. The van der Waals surface area contributed by atoms with E-state index in [2.05, 4.69) is 21.7 Å². The van der Waals surface area contributed by atoms with E-state index in [0.717, 1.165) is 43.2 Å². The lowest BCUT2D eigenvalue weighted by Gasteiger charge is -2.15. The van der Waals surface area contributed by atoms with Crippen LogP contribution in [0.25, 0.3) is 0 Å². The van der Waals surface area contributed by atoms with Gasteiger partial charge in [-0.3, -0.25) is 4.79 Å². The Morgan fingerprint density at radius 1 is 1.14 bits per heavy atom. The number of hydrogen-bond acceptors (Lipinski definition) is 6. The highest BCUT2D eigenvalue weighted by Gasteiger charge is 2.30. The first-order valence-corrected chi connectivity index (χ1v) is 12.1. The van der Waals surface area contributed by atoms with Crippen LogP contribution in [-0.4, -0.2) is 52.1 Å². The first kappa shape index (κ1) is 19.6. The Kier molecular flexibility index (Phi) is 5.57. The number of thioether (sulfide) groups is 1. The molecule has 7 nitrogen and oxygen atoms in total. The molecule has 0 bridgehead atoms. The van der Waals surface area contributed by atoms with Crippen molar-refractivity contribution < 1.29 is 13.2 Å². The maximum atomic E-state index is 12.6. The van der Waals surface area contributed by atoms with Crippen LogP contribution >= 0.6 is 11.8 Å². The van der Waals surface area contributed by atoms with Gasteiger partial charge in [0, 0.05) is 31.1 Å². The minimum atomic E-state index is -3.45. The van der Waals surface area contributed by atoms with Crippen LogP contribution in [0.1, 0.15) is 54.7 Å². The predicted octanol–water partition coefficient (Wildman–Crippen LogP) is 2.93. The van der Waals surface area contributed by atoms with Crippen LogP contribution in [0.15, 0.2) is 34.3 Å². The van der Waals surface area contributed by atoms with Crippen LogP contribution in [-0.2, 0) is 16.6 Å². The summed E-state index contributed by atoms with van der Waals surface area (Å²) in [6.45, 7) is 3.99. The second-order valence-corrected chi connectivity index (χ2v) is 10.1. The Labute approximate surface area is 169 Å². The quantitative estimate of drug-likeness (QED) is 0.482. The lowest BCUT2D eigenvalue weighted by Crippen LogP contribution is -2.27. The van der Waals surface area contributed by atoms with Crippen LogP contribution in [0.4, 0.5) is 0 Å². The van der Waals surface area contributed by atoms with Crippen molar-refractivity contribution >= 4 is 27.6 Å². The maximum Gasteiger partial charge on any atom is 0.243 e. The molecule has 4 rings (SSSR count). The number of Topliss-reactive ketones (excluding diaryl/α,β-unsaturated/α-hetero) is 1. The van der Waals surface area contributed by atoms with Gasteiger partial charge >= 0.3 is 0 Å². The molecule has 1 saturated carbocycles. The van der Waals surface area contributed by atoms with Gasteiger partial charge in [0.2, 0.25) is 10.0 Å². The van der Waals surface area contributed by atoms with Gasteiger partial charge in [0.15, 0.2) is 10.9 Å². The molecule has 2 aromatic rings. The maximum absolute atomic E-state index is 12.6. The van der Waals surface area contributed by atoms with E-state index in [0.29, 0.717) is 24.6 Å². The molecule has 0 amide bonds. The van der Waals surface area contributed by atoms with Crippen LogP contribution in [0, 0.1) is 0 Å². The summed E-state index contributed by atoms with van der Waals surface area (Å²) in [5.41, 5.74) is 0.512. The molecule has 0 radical (unpaired) electrons. The Morgan fingerprint density at radius 3 is 2.43 bits per heavy atom. The Bertz CT molecular complexity index is 960. The standard InChI is InChI=1S/C19H24N4O3S2/c1-2-23-18(15-5-6-15)20-21-19(23)27-13-17(24)14-7-9-16(10-8-14)28(25,26)22-11-3-4-12-22/h7-10,15H,2-6,11-13H2,1H3. The monoisotopic (exact) mass is 420 g/mol. The number of aromatic nitrogens is 3. The zero-order chi connectivity index (χ0) is 19.7. The summed E-state index contributed by atoms with van der Waals surface area (Å²) in [6, 6.07) is 6.27. The van der Waals surface area contributed by atoms with Gasteiger partial charge in [-0.15, -0.1) is 10.2 Å². The number of carbonyl (C=O) groups is 1. The summed E-state index contributed by atoms with van der Waals surface area (Å²) in [4.78, 5) is 12.8. The molecule has 0 spiro atoms. The first-order chi connectivity index (χ1) is 13.5. The van der Waals surface area contributed by atoms with Crippen molar-refractivity contribution in [3.63, 3.8) is 0 Å². The van der Waals surface area contributed by atoms with Crippen LogP contribution in [0.5, 0.6) is 0 Å². The lowest BCUT2D eigenvalue weighted by molar-refractivity contribution is 0.102. The summed E-state index contributed by atoms with van der Waals surface area (Å²) < 4.78 is 28.7. The minimum Gasteiger partial charge on any atom is -0.306 e. The van der Waals surface area contributed by atoms with Crippen molar-refractivity contribution in [2.24, 2.45) is 0 Å². The highest BCUT2D eigenvalue weighted by atomic mass is 32.2. The third-order valence-corrected chi connectivity index (χ3v) is 8.10.